The van der Waals surface area contributed by atoms with Crippen molar-refractivity contribution in [1.29, 1.82) is 0 Å². The fraction of sp³-hybridized carbons (Fsp3) is 0.588. The molecule has 1 aromatic carbocycles. The lowest BCUT2D eigenvalue weighted by Crippen LogP contribution is -2.50. The van der Waals surface area contributed by atoms with Gasteiger partial charge in [-0.05, 0) is 18.2 Å². The molecular weight excluding hydrogens is 422 g/mol. The Morgan fingerprint density at radius 2 is 1.89 bits per heavy atom. The van der Waals surface area contributed by atoms with Crippen molar-refractivity contribution in [2.24, 2.45) is 0 Å². The first-order valence-corrected chi connectivity index (χ1v) is 9.60. The highest BCUT2D eigenvalue weighted by molar-refractivity contribution is 7.99. The van der Waals surface area contributed by atoms with Crippen LogP contribution in [-0.2, 0) is 11.0 Å². The third-order valence-corrected chi connectivity index (χ3v) is 5.72. The second kappa shape index (κ2) is 10.6. The van der Waals surface area contributed by atoms with E-state index in [0.29, 0.717) is 38.3 Å². The van der Waals surface area contributed by atoms with Crippen molar-refractivity contribution >= 4 is 48.2 Å². The maximum atomic E-state index is 12.8. The number of hydrogen-bond donors (Lipinski definition) is 1. The van der Waals surface area contributed by atoms with Crippen LogP contribution in [0.15, 0.2) is 24.3 Å². The zero-order chi connectivity index (χ0) is 17.9. The molecule has 2 fully saturated rings. The molecule has 4 nitrogen and oxygen atoms in total. The first kappa shape index (κ1) is 24.2. The van der Waals surface area contributed by atoms with Crippen LogP contribution in [0.25, 0.3) is 0 Å². The second-order valence-corrected chi connectivity index (χ2v) is 7.50. The molecule has 2 saturated heterocycles. The highest BCUT2D eigenvalue weighted by Gasteiger charge is 2.31. The quantitative estimate of drug-likeness (QED) is 0.773. The summed E-state index contributed by atoms with van der Waals surface area (Å²) in [5.74, 6) is 2.17. The number of halogens is 5. The Morgan fingerprint density at radius 3 is 2.48 bits per heavy atom. The van der Waals surface area contributed by atoms with Crippen LogP contribution >= 0.6 is 36.6 Å². The fourth-order valence-corrected chi connectivity index (χ4v) is 4.13. The number of amides is 1. The average Bonchev–Trinajstić information content (AvgIpc) is 2.62. The number of piperazine rings is 1. The largest absolute Gasteiger partial charge is 0.416 e. The van der Waals surface area contributed by atoms with E-state index in [1.165, 1.54) is 12.1 Å². The maximum Gasteiger partial charge on any atom is 0.416 e. The zero-order valence-electron chi connectivity index (χ0n) is 14.7. The number of anilines is 1. The van der Waals surface area contributed by atoms with Crippen molar-refractivity contribution in [3.8, 4) is 0 Å². The topological polar surface area (TPSA) is 35.6 Å². The normalized spacial score (nSPS) is 20.5. The lowest BCUT2D eigenvalue weighted by Gasteiger charge is -2.37. The molecule has 10 heteroatoms. The van der Waals surface area contributed by atoms with Crippen molar-refractivity contribution in [1.82, 2.24) is 10.2 Å². The van der Waals surface area contributed by atoms with E-state index >= 15 is 0 Å². The van der Waals surface area contributed by atoms with Gasteiger partial charge in [0.1, 0.15) is 0 Å². The van der Waals surface area contributed by atoms with Gasteiger partial charge in [-0.15, -0.1) is 24.8 Å². The minimum absolute atomic E-state index is 0. The molecule has 3 rings (SSSR count). The van der Waals surface area contributed by atoms with Crippen molar-refractivity contribution < 1.29 is 18.0 Å². The Bertz CT molecular complexity index is 607. The fourth-order valence-electron chi connectivity index (χ4n) is 3.18. The molecule has 1 amide bonds. The number of nitrogens with one attached hydrogen (secondary N) is 1. The first-order valence-electron chi connectivity index (χ1n) is 8.44. The summed E-state index contributed by atoms with van der Waals surface area (Å²) in [4.78, 5) is 16.1. The number of carbonyl (C=O) groups is 1. The number of carbonyl (C=O) groups excluding carboxylic acids is 1. The Balaban J connectivity index is 0.00000182. The highest BCUT2D eigenvalue weighted by atomic mass is 35.5. The van der Waals surface area contributed by atoms with Gasteiger partial charge in [-0.25, -0.2) is 0 Å². The van der Waals surface area contributed by atoms with Crippen molar-refractivity contribution in [3.63, 3.8) is 0 Å². The standard InChI is InChI=1S/C17H22F3N3OS.2ClH/c18-17(19,20)13-2-1-3-15(10-13)22-5-7-23(8-6-22)16(24)11-14-12-25-9-4-21-14;;/h1-3,10,14,21H,4-9,11-12H2;2*1H. The van der Waals surface area contributed by atoms with E-state index in [2.05, 4.69) is 5.32 Å². The van der Waals surface area contributed by atoms with Crippen molar-refractivity contribution in [2.75, 3.05) is 49.1 Å². The van der Waals surface area contributed by atoms with Gasteiger partial charge in [0, 0.05) is 62.4 Å². The van der Waals surface area contributed by atoms with Gasteiger partial charge in [-0.2, -0.15) is 24.9 Å². The van der Waals surface area contributed by atoms with Gasteiger partial charge in [-0.3, -0.25) is 4.79 Å². The Labute approximate surface area is 174 Å². The maximum absolute atomic E-state index is 12.8. The molecule has 0 aliphatic carbocycles. The van der Waals surface area contributed by atoms with Gasteiger partial charge in [0.15, 0.2) is 0 Å². The van der Waals surface area contributed by atoms with E-state index in [1.807, 2.05) is 21.6 Å². The van der Waals surface area contributed by atoms with Gasteiger partial charge in [0.25, 0.3) is 0 Å². The lowest BCUT2D eigenvalue weighted by atomic mass is 10.1. The Morgan fingerprint density at radius 1 is 1.19 bits per heavy atom. The molecule has 0 radical (unpaired) electrons. The predicted molar refractivity (Wildman–Crippen MR) is 108 cm³/mol. The third-order valence-electron chi connectivity index (χ3n) is 4.59. The number of hydrogen-bond acceptors (Lipinski definition) is 4. The summed E-state index contributed by atoms with van der Waals surface area (Å²) in [5.41, 5.74) is -0.0725. The number of rotatable bonds is 3. The molecule has 0 bridgehead atoms. The minimum Gasteiger partial charge on any atom is -0.368 e. The molecule has 2 aliphatic heterocycles. The Kier molecular flexibility index (Phi) is 9.54. The number of thioether (sulfide) groups is 1. The highest BCUT2D eigenvalue weighted by Crippen LogP contribution is 2.31. The van der Waals surface area contributed by atoms with Crippen LogP contribution in [-0.4, -0.2) is 61.1 Å². The van der Waals surface area contributed by atoms with Crippen LogP contribution in [0.1, 0.15) is 12.0 Å². The summed E-state index contributed by atoms with van der Waals surface area (Å²) < 4.78 is 38.5. The molecule has 0 spiro atoms. The molecule has 1 N–H and O–H groups in total. The minimum atomic E-state index is -4.33. The monoisotopic (exact) mass is 445 g/mol. The summed E-state index contributed by atoms with van der Waals surface area (Å²) in [6.45, 7) is 3.15. The van der Waals surface area contributed by atoms with Crippen molar-refractivity contribution in [2.45, 2.75) is 18.6 Å². The van der Waals surface area contributed by atoms with Crippen LogP contribution in [0.3, 0.4) is 0 Å². The van der Waals surface area contributed by atoms with Gasteiger partial charge < -0.3 is 15.1 Å². The summed E-state index contributed by atoms with van der Waals surface area (Å²) in [6.07, 6.45) is -3.84. The molecule has 0 aromatic heterocycles. The lowest BCUT2D eigenvalue weighted by molar-refractivity contribution is -0.137. The molecule has 1 atom stereocenters. The third kappa shape index (κ3) is 6.62. The Hall–Kier alpha value is -0.830. The number of nitrogens with zero attached hydrogens (tertiary/aromatic N) is 2. The van der Waals surface area contributed by atoms with E-state index in [4.69, 9.17) is 0 Å². The smallest absolute Gasteiger partial charge is 0.368 e. The van der Waals surface area contributed by atoms with Crippen molar-refractivity contribution in [3.05, 3.63) is 29.8 Å². The van der Waals surface area contributed by atoms with Gasteiger partial charge in [0.05, 0.1) is 5.56 Å². The van der Waals surface area contributed by atoms with E-state index in [-0.39, 0.29) is 36.8 Å². The molecular formula is C17H24Cl2F3N3OS. The van der Waals surface area contributed by atoms with Crippen LogP contribution < -0.4 is 10.2 Å². The number of benzene rings is 1. The molecule has 1 aromatic rings. The average molecular weight is 446 g/mol. The van der Waals surface area contributed by atoms with Gasteiger partial charge >= 0.3 is 6.18 Å². The van der Waals surface area contributed by atoms with Gasteiger partial charge in [-0.1, -0.05) is 6.07 Å². The van der Waals surface area contributed by atoms with Crippen LogP contribution in [0.4, 0.5) is 18.9 Å². The van der Waals surface area contributed by atoms with E-state index in [9.17, 15) is 18.0 Å². The van der Waals surface area contributed by atoms with E-state index < -0.39 is 11.7 Å². The first-order chi connectivity index (χ1) is 11.9. The van der Waals surface area contributed by atoms with E-state index in [1.54, 1.807) is 6.07 Å². The molecule has 154 valence electrons. The van der Waals surface area contributed by atoms with Crippen LogP contribution in [0.5, 0.6) is 0 Å². The molecule has 0 saturated carbocycles. The summed E-state index contributed by atoms with van der Waals surface area (Å²) in [7, 11) is 0. The summed E-state index contributed by atoms with van der Waals surface area (Å²) in [5, 5.41) is 3.36. The second-order valence-electron chi connectivity index (χ2n) is 6.35. The SMILES string of the molecule is Cl.Cl.O=C(CC1CSCCN1)N1CCN(c2cccc(C(F)(F)F)c2)CC1. The molecule has 2 aliphatic rings. The van der Waals surface area contributed by atoms with Crippen LogP contribution in [0, 0.1) is 0 Å². The summed E-state index contributed by atoms with van der Waals surface area (Å²) in [6, 6.07) is 5.62. The zero-order valence-corrected chi connectivity index (χ0v) is 17.2. The number of alkyl halides is 3. The van der Waals surface area contributed by atoms with Crippen LogP contribution in [0.2, 0.25) is 0 Å². The molecule has 27 heavy (non-hydrogen) atoms. The molecule has 1 unspecified atom stereocenters. The van der Waals surface area contributed by atoms with E-state index in [0.717, 1.165) is 24.1 Å². The predicted octanol–water partition coefficient (Wildman–Crippen LogP) is 3.29. The summed E-state index contributed by atoms with van der Waals surface area (Å²) >= 11 is 1.86. The molecule has 2 heterocycles. The van der Waals surface area contributed by atoms with Gasteiger partial charge in [0.2, 0.25) is 5.91 Å².